The molecule has 0 aromatic heterocycles. The molecule has 2 nitrogen and oxygen atoms in total. The van der Waals surface area contributed by atoms with E-state index in [2.05, 4.69) is 11.8 Å². The lowest BCUT2D eigenvalue weighted by Gasteiger charge is -2.46. The van der Waals surface area contributed by atoms with Crippen molar-refractivity contribution in [2.24, 2.45) is 0 Å². The summed E-state index contributed by atoms with van der Waals surface area (Å²) in [5.41, 5.74) is 0.715. The highest BCUT2D eigenvalue weighted by Crippen LogP contribution is 2.43. The molecule has 2 aliphatic rings. The summed E-state index contributed by atoms with van der Waals surface area (Å²) in [6, 6.07) is 4.68. The fraction of sp³-hybridized carbons (Fsp3) is 0.529. The number of benzene rings is 1. The number of ether oxygens (including phenoxy) is 2. The van der Waals surface area contributed by atoms with Gasteiger partial charge in [-0.3, -0.25) is 0 Å². The van der Waals surface area contributed by atoms with Crippen molar-refractivity contribution in [1.82, 2.24) is 0 Å². The lowest BCUT2D eigenvalue weighted by Crippen LogP contribution is -2.48. The van der Waals surface area contributed by atoms with Crippen molar-refractivity contribution in [3.63, 3.8) is 0 Å². The number of rotatable bonds is 2. The summed E-state index contributed by atoms with van der Waals surface area (Å²) >= 11 is 5.54. The van der Waals surface area contributed by atoms with Crippen molar-refractivity contribution in [3.8, 4) is 17.6 Å². The Balaban J connectivity index is 1.71. The molecule has 1 aliphatic heterocycles. The summed E-state index contributed by atoms with van der Waals surface area (Å²) in [5, 5.41) is 0. The van der Waals surface area contributed by atoms with Crippen LogP contribution in [0.3, 0.4) is 0 Å². The van der Waals surface area contributed by atoms with Crippen molar-refractivity contribution >= 4 is 11.6 Å². The summed E-state index contributed by atoms with van der Waals surface area (Å²) in [4.78, 5) is 0. The first-order chi connectivity index (χ1) is 10.2. The minimum absolute atomic E-state index is 0.00453. The van der Waals surface area contributed by atoms with E-state index in [-0.39, 0.29) is 29.2 Å². The third-order valence-corrected chi connectivity index (χ3v) is 4.37. The van der Waals surface area contributed by atoms with Crippen molar-refractivity contribution in [2.45, 2.75) is 43.8 Å². The van der Waals surface area contributed by atoms with E-state index in [4.69, 9.17) is 21.1 Å². The van der Waals surface area contributed by atoms with E-state index in [1.807, 2.05) is 0 Å². The Labute approximate surface area is 129 Å². The zero-order valence-corrected chi connectivity index (χ0v) is 12.6. The Hall–Kier alpha value is -1.24. The van der Waals surface area contributed by atoms with Gasteiger partial charge in [0.2, 0.25) is 0 Å². The van der Waals surface area contributed by atoms with Crippen LogP contribution < -0.4 is 4.74 Å². The van der Waals surface area contributed by atoms with Gasteiger partial charge >= 0.3 is 0 Å². The van der Waals surface area contributed by atoms with Crippen LogP contribution in [0.1, 0.15) is 37.7 Å². The monoisotopic (exact) mass is 308 g/mol. The molecule has 1 saturated carbocycles. The van der Waals surface area contributed by atoms with Crippen molar-refractivity contribution in [1.29, 1.82) is 0 Å². The van der Waals surface area contributed by atoms with Crippen molar-refractivity contribution in [2.75, 3.05) is 12.5 Å². The second-order valence-corrected chi connectivity index (χ2v) is 5.97. The Morgan fingerprint density at radius 3 is 3.00 bits per heavy atom. The van der Waals surface area contributed by atoms with E-state index in [1.165, 1.54) is 12.5 Å². The van der Waals surface area contributed by atoms with Crippen LogP contribution in [-0.4, -0.2) is 24.2 Å². The molecule has 0 radical (unpaired) electrons. The van der Waals surface area contributed by atoms with Crippen LogP contribution in [0.15, 0.2) is 18.2 Å². The van der Waals surface area contributed by atoms with E-state index in [9.17, 15) is 4.39 Å². The quantitative estimate of drug-likeness (QED) is 0.609. The molecule has 112 valence electrons. The Morgan fingerprint density at radius 1 is 1.43 bits per heavy atom. The highest BCUT2D eigenvalue weighted by atomic mass is 35.5. The van der Waals surface area contributed by atoms with Gasteiger partial charge in [-0.2, -0.15) is 0 Å². The van der Waals surface area contributed by atoms with Gasteiger partial charge in [0.25, 0.3) is 0 Å². The van der Waals surface area contributed by atoms with Crippen LogP contribution in [0.25, 0.3) is 0 Å². The molecule has 21 heavy (non-hydrogen) atoms. The van der Waals surface area contributed by atoms with Crippen LogP contribution in [0.4, 0.5) is 4.39 Å². The van der Waals surface area contributed by atoms with E-state index >= 15 is 0 Å². The molecule has 2 fully saturated rings. The van der Waals surface area contributed by atoms with E-state index in [1.54, 1.807) is 12.1 Å². The zero-order valence-electron chi connectivity index (χ0n) is 11.8. The maximum atomic E-state index is 13.9. The Bertz CT molecular complexity index is 572. The lowest BCUT2D eigenvalue weighted by atomic mass is 9.74. The standard InChI is InChI=1S/C17H18ClFO2/c18-9-1-3-13-4-5-15(19)16(11-13)21-14-6-10-20-17(12-14)7-2-8-17/h4-5,11,14H,2,6-10,12H2. The molecule has 1 aromatic rings. The van der Waals surface area contributed by atoms with Crippen LogP contribution in [0, 0.1) is 17.7 Å². The van der Waals surface area contributed by atoms with Crippen molar-refractivity contribution in [3.05, 3.63) is 29.6 Å². The molecular weight excluding hydrogens is 291 g/mol. The summed E-state index contributed by atoms with van der Waals surface area (Å²) in [6.45, 7) is 0.692. The highest BCUT2D eigenvalue weighted by Gasteiger charge is 2.43. The van der Waals surface area contributed by atoms with Gasteiger partial charge < -0.3 is 9.47 Å². The largest absolute Gasteiger partial charge is 0.487 e. The van der Waals surface area contributed by atoms with Gasteiger partial charge in [0, 0.05) is 18.4 Å². The molecule has 1 heterocycles. The second kappa shape index (κ2) is 6.25. The average Bonchev–Trinajstić information content (AvgIpc) is 2.47. The molecule has 0 amide bonds. The molecule has 1 saturated heterocycles. The molecule has 1 aromatic carbocycles. The van der Waals surface area contributed by atoms with Crippen LogP contribution >= 0.6 is 11.6 Å². The van der Waals surface area contributed by atoms with Gasteiger partial charge in [0.1, 0.15) is 6.10 Å². The van der Waals surface area contributed by atoms with Gasteiger partial charge in [0.05, 0.1) is 18.1 Å². The number of hydrogen-bond donors (Lipinski definition) is 0. The molecule has 1 atom stereocenters. The van der Waals surface area contributed by atoms with E-state index < -0.39 is 0 Å². The van der Waals surface area contributed by atoms with Crippen LogP contribution in [0.5, 0.6) is 5.75 Å². The predicted octanol–water partition coefficient (Wildman–Crippen LogP) is 3.90. The third-order valence-electron chi connectivity index (χ3n) is 4.24. The predicted molar refractivity (Wildman–Crippen MR) is 80.2 cm³/mol. The molecule has 3 rings (SSSR count). The zero-order chi connectivity index (χ0) is 14.7. The molecule has 1 spiro atoms. The van der Waals surface area contributed by atoms with E-state index in [0.717, 1.165) is 31.2 Å². The molecule has 4 heteroatoms. The summed E-state index contributed by atoms with van der Waals surface area (Å²) in [7, 11) is 0. The van der Waals surface area contributed by atoms with Crippen molar-refractivity contribution < 1.29 is 13.9 Å². The smallest absolute Gasteiger partial charge is 0.165 e. The second-order valence-electron chi connectivity index (χ2n) is 5.70. The number of halogens is 2. The minimum Gasteiger partial charge on any atom is -0.487 e. The molecule has 1 aliphatic carbocycles. The molecule has 0 N–H and O–H groups in total. The van der Waals surface area contributed by atoms with Gasteiger partial charge in [-0.05, 0) is 37.5 Å². The van der Waals surface area contributed by atoms with Gasteiger partial charge in [-0.25, -0.2) is 4.39 Å². The highest BCUT2D eigenvalue weighted by molar-refractivity contribution is 6.19. The number of hydrogen-bond acceptors (Lipinski definition) is 2. The maximum Gasteiger partial charge on any atom is 0.165 e. The van der Waals surface area contributed by atoms with Gasteiger partial charge in [-0.15, -0.1) is 11.6 Å². The average molecular weight is 309 g/mol. The lowest BCUT2D eigenvalue weighted by molar-refractivity contribution is -0.153. The molecule has 1 unspecified atom stereocenters. The normalized spacial score (nSPS) is 23.0. The first-order valence-electron chi connectivity index (χ1n) is 7.36. The van der Waals surface area contributed by atoms with E-state index in [0.29, 0.717) is 6.61 Å². The van der Waals surface area contributed by atoms with Crippen LogP contribution in [0.2, 0.25) is 0 Å². The van der Waals surface area contributed by atoms with Crippen LogP contribution in [-0.2, 0) is 4.74 Å². The summed E-state index contributed by atoms with van der Waals surface area (Å²) in [6.07, 6.45) is 5.07. The maximum absolute atomic E-state index is 13.9. The summed E-state index contributed by atoms with van der Waals surface area (Å²) in [5.74, 6) is 5.84. The minimum atomic E-state index is -0.347. The molecule has 0 bridgehead atoms. The third kappa shape index (κ3) is 3.33. The summed E-state index contributed by atoms with van der Waals surface area (Å²) < 4.78 is 25.7. The fourth-order valence-electron chi connectivity index (χ4n) is 2.99. The SMILES string of the molecule is Fc1ccc(C#CCCl)cc1OC1CCOC2(CCC2)C1. The number of alkyl halides is 1. The van der Waals surface area contributed by atoms with Gasteiger partial charge in [-0.1, -0.05) is 11.8 Å². The van der Waals surface area contributed by atoms with Gasteiger partial charge in [0.15, 0.2) is 11.6 Å². The molecular formula is C17H18ClFO2. The topological polar surface area (TPSA) is 18.5 Å². The Morgan fingerprint density at radius 2 is 2.29 bits per heavy atom. The first kappa shape index (κ1) is 14.7. The first-order valence-corrected chi connectivity index (χ1v) is 7.89. The fourth-order valence-corrected chi connectivity index (χ4v) is 3.06. The Kier molecular flexibility index (Phi) is 4.37.